The van der Waals surface area contributed by atoms with E-state index in [1.807, 2.05) is 0 Å². The summed E-state index contributed by atoms with van der Waals surface area (Å²) in [5.41, 5.74) is 0. The first kappa shape index (κ1) is 25.7. The number of unbranched alkanes of at least 4 members (excludes halogenated alkanes) is 10. The molecule has 0 aromatic carbocycles. The SMILES string of the molecule is CCCCCCC[O][Sn]([CH2]CCC)([CH2]CCC)[O]CCCCCCC. The molecular weight excluding hydrogens is 415 g/mol. The maximum absolute atomic E-state index is 6.63. The van der Waals surface area contributed by atoms with Gasteiger partial charge in [-0.05, 0) is 0 Å². The van der Waals surface area contributed by atoms with Gasteiger partial charge in [0.25, 0.3) is 0 Å². The van der Waals surface area contributed by atoms with E-state index in [9.17, 15) is 0 Å². The Hall–Kier alpha value is 0.719. The van der Waals surface area contributed by atoms with Gasteiger partial charge in [-0.1, -0.05) is 0 Å². The van der Waals surface area contributed by atoms with Crippen LogP contribution in [0.2, 0.25) is 8.87 Å². The Bertz CT molecular complexity index is 232. The number of hydrogen-bond donors (Lipinski definition) is 0. The minimum absolute atomic E-state index is 0.961. The van der Waals surface area contributed by atoms with Crippen molar-refractivity contribution in [3.8, 4) is 0 Å². The molecule has 25 heavy (non-hydrogen) atoms. The summed E-state index contributed by atoms with van der Waals surface area (Å²) in [4.78, 5) is 0. The molecular formula is C22H48O2Sn. The van der Waals surface area contributed by atoms with E-state index in [2.05, 4.69) is 27.7 Å². The van der Waals surface area contributed by atoms with E-state index in [4.69, 9.17) is 6.15 Å². The molecule has 0 aromatic heterocycles. The Balaban J connectivity index is 4.35. The van der Waals surface area contributed by atoms with Crippen molar-refractivity contribution >= 4 is 19.2 Å². The third-order valence-corrected chi connectivity index (χ3v) is 15.6. The Kier molecular flexibility index (Phi) is 20.0. The molecule has 0 heterocycles. The summed E-state index contributed by atoms with van der Waals surface area (Å²) in [6, 6.07) is 0. The van der Waals surface area contributed by atoms with Crippen LogP contribution in [0.4, 0.5) is 0 Å². The second-order valence-electron chi connectivity index (χ2n) is 7.64. The molecule has 0 unspecified atom stereocenters. The fourth-order valence-corrected chi connectivity index (χ4v) is 13.9. The third-order valence-electron chi connectivity index (χ3n) is 5.05. The summed E-state index contributed by atoms with van der Waals surface area (Å²) >= 11 is -2.83. The molecule has 0 aromatic rings. The summed E-state index contributed by atoms with van der Waals surface area (Å²) < 4.78 is 15.8. The van der Waals surface area contributed by atoms with Gasteiger partial charge in [0.2, 0.25) is 0 Å². The molecule has 0 N–H and O–H groups in total. The van der Waals surface area contributed by atoms with Gasteiger partial charge in [0.15, 0.2) is 0 Å². The molecule has 152 valence electrons. The van der Waals surface area contributed by atoms with E-state index in [0.29, 0.717) is 0 Å². The van der Waals surface area contributed by atoms with Crippen LogP contribution in [0.1, 0.15) is 118 Å². The maximum atomic E-state index is 6.63. The van der Waals surface area contributed by atoms with Gasteiger partial charge in [-0.2, -0.15) is 0 Å². The van der Waals surface area contributed by atoms with Crippen molar-refractivity contribution in [3.63, 3.8) is 0 Å². The topological polar surface area (TPSA) is 18.5 Å². The van der Waals surface area contributed by atoms with E-state index in [0.717, 1.165) is 13.2 Å². The van der Waals surface area contributed by atoms with Crippen molar-refractivity contribution in [2.75, 3.05) is 13.2 Å². The Morgan fingerprint density at radius 2 is 0.800 bits per heavy atom. The molecule has 0 aliphatic carbocycles. The fourth-order valence-electron chi connectivity index (χ4n) is 3.28. The summed E-state index contributed by atoms with van der Waals surface area (Å²) in [6.07, 6.45) is 18.4. The van der Waals surface area contributed by atoms with Crippen LogP contribution in [0.15, 0.2) is 0 Å². The summed E-state index contributed by atoms with van der Waals surface area (Å²) in [7, 11) is 0. The zero-order valence-corrected chi connectivity index (χ0v) is 20.9. The molecule has 0 fully saturated rings. The molecule has 0 saturated heterocycles. The van der Waals surface area contributed by atoms with Gasteiger partial charge in [0.05, 0.1) is 0 Å². The predicted octanol–water partition coefficient (Wildman–Crippen LogP) is 8.00. The first-order chi connectivity index (χ1) is 12.2. The van der Waals surface area contributed by atoms with Gasteiger partial charge >= 0.3 is 165 Å². The van der Waals surface area contributed by atoms with Crippen LogP contribution in [0.5, 0.6) is 0 Å². The van der Waals surface area contributed by atoms with Crippen molar-refractivity contribution in [2.24, 2.45) is 0 Å². The van der Waals surface area contributed by atoms with E-state index in [1.165, 1.54) is 98.8 Å². The first-order valence-corrected chi connectivity index (χ1v) is 17.9. The van der Waals surface area contributed by atoms with Gasteiger partial charge in [-0.25, -0.2) is 0 Å². The van der Waals surface area contributed by atoms with Crippen molar-refractivity contribution in [2.45, 2.75) is 126 Å². The Morgan fingerprint density at radius 1 is 0.440 bits per heavy atom. The van der Waals surface area contributed by atoms with E-state index < -0.39 is 19.2 Å². The normalized spacial score (nSPS) is 12.0. The fraction of sp³-hybridized carbons (Fsp3) is 1.00. The molecule has 0 bridgehead atoms. The molecule has 0 radical (unpaired) electrons. The van der Waals surface area contributed by atoms with Crippen LogP contribution in [0.25, 0.3) is 0 Å². The number of rotatable bonds is 20. The average Bonchev–Trinajstić information content (AvgIpc) is 2.63. The number of hydrogen-bond acceptors (Lipinski definition) is 2. The van der Waals surface area contributed by atoms with Crippen LogP contribution < -0.4 is 0 Å². The third kappa shape index (κ3) is 15.5. The standard InChI is InChI=1S/2C7H15O.2C4H9.Sn/c2*1-2-3-4-5-6-7-8;2*1-3-4-2;/h2*2-7H2,1H3;2*1,3-4H2,2H3;/q2*-1;;;+2. The molecule has 3 heteroatoms. The monoisotopic (exact) mass is 464 g/mol. The molecule has 0 aliphatic rings. The molecule has 2 nitrogen and oxygen atoms in total. The zero-order chi connectivity index (χ0) is 18.6. The summed E-state index contributed by atoms with van der Waals surface area (Å²) in [6.45, 7) is 11.1. The van der Waals surface area contributed by atoms with Crippen LogP contribution in [-0.4, -0.2) is 32.4 Å². The van der Waals surface area contributed by atoms with Crippen molar-refractivity contribution in [1.82, 2.24) is 0 Å². The molecule has 0 atom stereocenters. The molecule has 0 saturated carbocycles. The van der Waals surface area contributed by atoms with Crippen molar-refractivity contribution in [1.29, 1.82) is 0 Å². The van der Waals surface area contributed by atoms with Crippen molar-refractivity contribution < 1.29 is 6.15 Å². The van der Waals surface area contributed by atoms with Crippen LogP contribution in [0.3, 0.4) is 0 Å². The Labute approximate surface area is 164 Å². The molecule has 0 aliphatic heterocycles. The molecule has 0 spiro atoms. The average molecular weight is 463 g/mol. The van der Waals surface area contributed by atoms with Gasteiger partial charge in [-0.15, -0.1) is 0 Å². The second-order valence-corrected chi connectivity index (χ2v) is 17.3. The van der Waals surface area contributed by atoms with E-state index in [-0.39, 0.29) is 0 Å². The minimum atomic E-state index is -2.83. The van der Waals surface area contributed by atoms with E-state index >= 15 is 0 Å². The van der Waals surface area contributed by atoms with Crippen LogP contribution in [-0.2, 0) is 6.15 Å². The van der Waals surface area contributed by atoms with Crippen LogP contribution >= 0.6 is 0 Å². The zero-order valence-electron chi connectivity index (χ0n) is 18.0. The summed E-state index contributed by atoms with van der Waals surface area (Å²) in [5.74, 6) is 0. The van der Waals surface area contributed by atoms with Crippen molar-refractivity contribution in [3.05, 3.63) is 0 Å². The van der Waals surface area contributed by atoms with Gasteiger partial charge in [0, 0.05) is 0 Å². The molecule has 0 rings (SSSR count). The Morgan fingerprint density at radius 3 is 1.16 bits per heavy atom. The quantitative estimate of drug-likeness (QED) is 0.135. The predicted molar refractivity (Wildman–Crippen MR) is 115 cm³/mol. The van der Waals surface area contributed by atoms with E-state index in [1.54, 1.807) is 0 Å². The second kappa shape index (κ2) is 19.5. The van der Waals surface area contributed by atoms with Gasteiger partial charge < -0.3 is 0 Å². The first-order valence-electron chi connectivity index (χ1n) is 11.5. The molecule has 0 amide bonds. The van der Waals surface area contributed by atoms with Gasteiger partial charge in [0.1, 0.15) is 0 Å². The van der Waals surface area contributed by atoms with Crippen LogP contribution in [0, 0.1) is 0 Å². The van der Waals surface area contributed by atoms with Gasteiger partial charge in [-0.3, -0.25) is 0 Å². The summed E-state index contributed by atoms with van der Waals surface area (Å²) in [5, 5.41) is 0.